The Morgan fingerprint density at radius 2 is 1.14 bits per heavy atom. The number of benzene rings is 3. The van der Waals surface area contributed by atoms with Crippen LogP contribution in [-0.2, 0) is 13.6 Å². The van der Waals surface area contributed by atoms with Gasteiger partial charge in [-0.25, -0.2) is 0 Å². The van der Waals surface area contributed by atoms with Gasteiger partial charge in [0.25, 0.3) is 0 Å². The summed E-state index contributed by atoms with van der Waals surface area (Å²) in [6.07, 6.45) is 2.27. The summed E-state index contributed by atoms with van der Waals surface area (Å²) >= 11 is 0. The molecule has 3 aromatic rings. The minimum absolute atomic E-state index is 0.395. The van der Waals surface area contributed by atoms with Crippen LogP contribution in [0.1, 0.15) is 56.7 Å². The van der Waals surface area contributed by atoms with Crippen molar-refractivity contribution in [2.45, 2.75) is 60.8 Å². The molecule has 0 fully saturated rings. The number of nitrogens with zero attached hydrogens (tertiary/aromatic N) is 1. The number of hydrogen-bond acceptors (Lipinski definition) is 9. The van der Waals surface area contributed by atoms with Gasteiger partial charge in [-0.15, -0.1) is 0 Å². The van der Waals surface area contributed by atoms with Gasteiger partial charge in [-0.05, 0) is 79.8 Å². The predicted octanol–water partition coefficient (Wildman–Crippen LogP) is 9.92. The zero-order valence-electron chi connectivity index (χ0n) is 25.4. The monoisotopic (exact) mass is 635 g/mol. The third kappa shape index (κ3) is 8.31. The number of hydrogen-bond donors (Lipinski definition) is 2. The Morgan fingerprint density at radius 1 is 0.643 bits per heavy atom. The van der Waals surface area contributed by atoms with Gasteiger partial charge in [-0.3, -0.25) is 13.6 Å². The molecule has 2 N–H and O–H groups in total. The van der Waals surface area contributed by atoms with Gasteiger partial charge in [0, 0.05) is 4.52 Å². The van der Waals surface area contributed by atoms with Crippen molar-refractivity contribution in [3.63, 3.8) is 0 Å². The molecular weight excluding hydrogens is 591 g/mol. The molecule has 0 spiro atoms. The molecule has 0 saturated heterocycles. The van der Waals surface area contributed by atoms with Gasteiger partial charge < -0.3 is 4.52 Å². The zero-order valence-corrected chi connectivity index (χ0v) is 28.1. The van der Waals surface area contributed by atoms with E-state index in [2.05, 4.69) is 16.6 Å². The van der Waals surface area contributed by atoms with Crippen LogP contribution in [0.2, 0.25) is 0 Å². The molecule has 3 atom stereocenters. The summed E-state index contributed by atoms with van der Waals surface area (Å²) in [7, 11) is -10.0. The fourth-order valence-electron chi connectivity index (χ4n) is 3.95. The maximum atomic E-state index is 6.82. The molecule has 0 aromatic heterocycles. The summed E-state index contributed by atoms with van der Waals surface area (Å²) < 4.78 is 45.5. The minimum Gasteiger partial charge on any atom is -0.423 e. The van der Waals surface area contributed by atoms with Crippen LogP contribution in [0.15, 0.2) is 77.3 Å². The average molecular weight is 636 g/mol. The van der Waals surface area contributed by atoms with Crippen LogP contribution in [0.4, 0.5) is 0 Å². The van der Waals surface area contributed by atoms with Crippen molar-refractivity contribution in [1.29, 1.82) is 0 Å². The van der Waals surface area contributed by atoms with Crippen LogP contribution in [0.3, 0.4) is 0 Å². The van der Waals surface area contributed by atoms with Gasteiger partial charge in [0.2, 0.25) is 0 Å². The van der Waals surface area contributed by atoms with E-state index >= 15 is 0 Å². The van der Waals surface area contributed by atoms with Crippen LogP contribution in [0.25, 0.3) is 0 Å². The molecule has 1 heterocycles. The van der Waals surface area contributed by atoms with Crippen LogP contribution in [0.5, 0.6) is 17.2 Å². The molecule has 1 aliphatic rings. The predicted molar refractivity (Wildman–Crippen MR) is 174 cm³/mol. The molecule has 1 aliphatic heterocycles. The first kappa shape index (κ1) is 32.9. The summed E-state index contributed by atoms with van der Waals surface area (Å²) in [4.78, 5) is 7.11. The highest BCUT2D eigenvalue weighted by Gasteiger charge is 2.72. The molecule has 0 bridgehead atoms. The molecule has 4 rings (SSSR count). The van der Waals surface area contributed by atoms with Gasteiger partial charge in [-0.1, -0.05) is 75.4 Å². The highest BCUT2D eigenvalue weighted by Crippen LogP contribution is 2.81. The van der Waals surface area contributed by atoms with Crippen LogP contribution < -0.4 is 23.3 Å². The Balaban J connectivity index is 1.96. The SMILES string of the molecule is CCCOP1(Oc2ccccc2C)=N[P+](OCCC)(Oc2ccccc2C)N[P+](OCCC)(Oc2ccccc2C)N1. The van der Waals surface area contributed by atoms with Crippen molar-refractivity contribution < 1.29 is 27.1 Å². The zero-order chi connectivity index (χ0) is 30.1. The molecular formula is C30H44N3O6P3+2. The van der Waals surface area contributed by atoms with E-state index < -0.39 is 23.7 Å². The second-order valence-corrected chi connectivity index (χ2v) is 16.8. The summed E-state index contributed by atoms with van der Waals surface area (Å²) in [6.45, 7) is 13.3. The second kappa shape index (κ2) is 15.1. The molecule has 3 unspecified atom stereocenters. The van der Waals surface area contributed by atoms with E-state index in [0.29, 0.717) is 37.1 Å². The summed E-state index contributed by atoms with van der Waals surface area (Å²) in [5, 5.41) is 0. The van der Waals surface area contributed by atoms with Gasteiger partial charge in [0.05, 0.1) is 24.7 Å². The van der Waals surface area contributed by atoms with E-state index in [-0.39, 0.29) is 0 Å². The Morgan fingerprint density at radius 3 is 1.69 bits per heavy atom. The third-order valence-electron chi connectivity index (χ3n) is 6.12. The summed E-state index contributed by atoms with van der Waals surface area (Å²) in [5.41, 5.74) is 2.85. The highest BCUT2D eigenvalue weighted by atomic mass is 31.3. The van der Waals surface area contributed by atoms with Crippen molar-refractivity contribution >= 4 is 23.7 Å². The fraction of sp³-hybridized carbons (Fsp3) is 0.400. The van der Waals surface area contributed by atoms with E-state index in [1.165, 1.54) is 0 Å². The van der Waals surface area contributed by atoms with Crippen LogP contribution in [-0.4, -0.2) is 19.8 Å². The van der Waals surface area contributed by atoms with Gasteiger partial charge >= 0.3 is 23.7 Å². The number of para-hydroxylation sites is 3. The van der Waals surface area contributed by atoms with Crippen molar-refractivity contribution in [3.05, 3.63) is 89.5 Å². The van der Waals surface area contributed by atoms with Gasteiger partial charge in [0.15, 0.2) is 11.5 Å². The second-order valence-electron chi connectivity index (χ2n) is 9.95. The Labute approximate surface area is 252 Å². The lowest BCUT2D eigenvalue weighted by molar-refractivity contribution is 0.256. The molecule has 228 valence electrons. The van der Waals surface area contributed by atoms with E-state index in [1.807, 2.05) is 107 Å². The average Bonchev–Trinajstić information content (AvgIpc) is 2.98. The number of nitrogens with one attached hydrogen (secondary N) is 2. The molecule has 0 saturated carbocycles. The van der Waals surface area contributed by atoms with Crippen molar-refractivity contribution in [2.75, 3.05) is 19.8 Å². The molecule has 3 aromatic carbocycles. The van der Waals surface area contributed by atoms with Crippen LogP contribution >= 0.6 is 23.7 Å². The number of aryl methyl sites for hydroxylation is 3. The molecule has 12 heteroatoms. The van der Waals surface area contributed by atoms with Crippen molar-refractivity contribution in [3.8, 4) is 17.2 Å². The molecule has 0 amide bonds. The van der Waals surface area contributed by atoms with Crippen LogP contribution in [0, 0.1) is 20.8 Å². The normalized spacial score (nSPS) is 23.7. The smallest absolute Gasteiger partial charge is 0.423 e. The Bertz CT molecular complexity index is 1380. The minimum atomic E-state index is -3.37. The first-order chi connectivity index (χ1) is 20.3. The van der Waals surface area contributed by atoms with E-state index in [1.54, 1.807) is 0 Å². The number of rotatable bonds is 15. The first-order valence-electron chi connectivity index (χ1n) is 14.5. The Kier molecular flexibility index (Phi) is 11.8. The summed E-state index contributed by atoms with van der Waals surface area (Å²) in [6, 6.07) is 23.5. The van der Waals surface area contributed by atoms with Crippen molar-refractivity contribution in [2.24, 2.45) is 4.52 Å². The quantitative estimate of drug-likeness (QED) is 0.160. The standard InChI is InChI=1S/C30H44N3O6P3/c1-7-22-34-40(37-28-19-13-10-16-25(28)4)31-41(35-23-8-2,38-29-20-14-11-17-26(29)5)33-42(32-40,36-24-9-3)39-30-21-15-12-18-27(30)6/h10-21,31-32H,7-9,22-24H2,1-6H3/q+2. The highest BCUT2D eigenvalue weighted by molar-refractivity contribution is 7.88. The Hall–Kier alpha value is -2.05. The van der Waals surface area contributed by atoms with Crippen molar-refractivity contribution in [1.82, 2.24) is 9.72 Å². The largest absolute Gasteiger partial charge is 0.571 e. The molecule has 42 heavy (non-hydrogen) atoms. The topological polar surface area (TPSA) is 91.8 Å². The molecule has 9 nitrogen and oxygen atoms in total. The first-order valence-corrected chi connectivity index (χ1v) is 19.3. The van der Waals surface area contributed by atoms with E-state index in [0.717, 1.165) is 36.0 Å². The molecule has 0 aliphatic carbocycles. The molecule has 0 radical (unpaired) electrons. The maximum Gasteiger partial charge on any atom is 0.571 e. The fourth-order valence-corrected chi connectivity index (χ4v) is 14.6. The third-order valence-corrected chi connectivity index (χ3v) is 15.1. The van der Waals surface area contributed by atoms with E-state index in [9.17, 15) is 0 Å². The lowest BCUT2D eigenvalue weighted by Crippen LogP contribution is -2.39. The van der Waals surface area contributed by atoms with E-state index in [4.69, 9.17) is 31.7 Å². The maximum absolute atomic E-state index is 6.82. The van der Waals surface area contributed by atoms with Gasteiger partial charge in [-0.2, -0.15) is 9.05 Å². The lowest BCUT2D eigenvalue weighted by Gasteiger charge is -2.34. The van der Waals surface area contributed by atoms with Gasteiger partial charge in [0.1, 0.15) is 5.75 Å². The summed E-state index contributed by atoms with van der Waals surface area (Å²) in [5.74, 6) is 1.96. The lowest BCUT2D eigenvalue weighted by atomic mass is 10.2.